The molecule has 1 aliphatic heterocycles. The molecule has 0 saturated carbocycles. The van der Waals surface area contributed by atoms with Crippen molar-refractivity contribution in [2.75, 3.05) is 6.61 Å². The second-order valence-corrected chi connectivity index (χ2v) is 2.96. The quantitative estimate of drug-likeness (QED) is 0.609. The maximum atomic E-state index is 11.2. The van der Waals surface area contributed by atoms with Crippen molar-refractivity contribution in [3.8, 4) is 0 Å². The molecular formula is C10H9NO2. The molecule has 3 heteroatoms. The van der Waals surface area contributed by atoms with Crippen LogP contribution in [0.1, 0.15) is 0 Å². The molecule has 0 bridgehead atoms. The van der Waals surface area contributed by atoms with Crippen molar-refractivity contribution in [3.05, 3.63) is 34.8 Å². The molecule has 1 atom stereocenters. The highest BCUT2D eigenvalue weighted by molar-refractivity contribution is 5.86. The summed E-state index contributed by atoms with van der Waals surface area (Å²) in [7, 11) is 0. The molecule has 2 rings (SSSR count). The predicted octanol–water partition coefficient (Wildman–Crippen LogP) is -0.765. The first kappa shape index (κ1) is 8.13. The summed E-state index contributed by atoms with van der Waals surface area (Å²) < 4.78 is 0. The summed E-state index contributed by atoms with van der Waals surface area (Å²) in [6, 6.07) is 7.39. The molecule has 1 unspecified atom stereocenters. The number of rotatable bonds is 1. The van der Waals surface area contributed by atoms with Gasteiger partial charge in [-0.1, -0.05) is 24.3 Å². The smallest absolute Gasteiger partial charge is 0.255 e. The fraction of sp³-hybridized carbons (Fsp3) is 0.200. The highest BCUT2D eigenvalue weighted by Gasteiger charge is 2.16. The maximum Gasteiger partial charge on any atom is 0.255 e. The number of aliphatic hydroxyl groups is 1. The summed E-state index contributed by atoms with van der Waals surface area (Å²) in [6.07, 6.45) is 1.75. The Balaban J connectivity index is 2.66. The number of carbonyl (C=O) groups is 1. The monoisotopic (exact) mass is 175 g/mol. The Morgan fingerprint density at radius 1 is 1.38 bits per heavy atom. The molecule has 0 saturated heterocycles. The molecule has 1 aromatic rings. The lowest BCUT2D eigenvalue weighted by Gasteiger charge is -2.07. The van der Waals surface area contributed by atoms with E-state index in [0.717, 1.165) is 5.22 Å². The molecule has 0 aliphatic carbocycles. The highest BCUT2D eigenvalue weighted by atomic mass is 16.3. The van der Waals surface area contributed by atoms with Gasteiger partial charge in [0.05, 0.1) is 17.9 Å². The van der Waals surface area contributed by atoms with Crippen LogP contribution in [0.5, 0.6) is 0 Å². The molecule has 0 fully saturated rings. The summed E-state index contributed by atoms with van der Waals surface area (Å²) in [5, 5.41) is 10.5. The van der Waals surface area contributed by atoms with Crippen LogP contribution in [0.15, 0.2) is 29.3 Å². The van der Waals surface area contributed by atoms with Crippen molar-refractivity contribution in [1.82, 2.24) is 0 Å². The zero-order chi connectivity index (χ0) is 9.26. The molecule has 1 amide bonds. The van der Waals surface area contributed by atoms with Gasteiger partial charge in [0.2, 0.25) is 0 Å². The van der Waals surface area contributed by atoms with Gasteiger partial charge in [0.15, 0.2) is 0 Å². The van der Waals surface area contributed by atoms with Gasteiger partial charge in [0.1, 0.15) is 0 Å². The van der Waals surface area contributed by atoms with E-state index < -0.39 is 5.92 Å². The molecule has 0 spiro atoms. The predicted molar refractivity (Wildman–Crippen MR) is 47.3 cm³/mol. The van der Waals surface area contributed by atoms with Crippen molar-refractivity contribution >= 4 is 12.0 Å². The molecule has 1 aliphatic rings. The molecule has 3 nitrogen and oxygen atoms in total. The molecule has 1 aromatic carbocycles. The van der Waals surface area contributed by atoms with E-state index in [-0.39, 0.29) is 12.5 Å². The fourth-order valence-electron chi connectivity index (χ4n) is 1.35. The van der Waals surface area contributed by atoms with E-state index in [2.05, 4.69) is 4.99 Å². The van der Waals surface area contributed by atoms with Crippen molar-refractivity contribution in [2.45, 2.75) is 0 Å². The number of fused-ring (bicyclic) bond motifs is 1. The number of amides is 1. The number of carbonyl (C=O) groups excluding carboxylic acids is 1. The molecule has 66 valence electrons. The van der Waals surface area contributed by atoms with E-state index >= 15 is 0 Å². The van der Waals surface area contributed by atoms with Crippen molar-refractivity contribution in [2.24, 2.45) is 10.9 Å². The zero-order valence-corrected chi connectivity index (χ0v) is 6.97. The van der Waals surface area contributed by atoms with Gasteiger partial charge in [-0.2, -0.15) is 0 Å². The van der Waals surface area contributed by atoms with Crippen LogP contribution >= 0.6 is 0 Å². The first-order chi connectivity index (χ1) is 6.31. The lowest BCUT2D eigenvalue weighted by Crippen LogP contribution is -2.34. The summed E-state index contributed by atoms with van der Waals surface area (Å²) in [5.41, 5.74) is 0. The van der Waals surface area contributed by atoms with E-state index in [9.17, 15) is 4.79 Å². The minimum atomic E-state index is -0.463. The molecular weight excluding hydrogens is 166 g/mol. The van der Waals surface area contributed by atoms with E-state index in [1.54, 1.807) is 12.1 Å². The maximum absolute atomic E-state index is 11.2. The van der Waals surface area contributed by atoms with Gasteiger partial charge in [-0.3, -0.25) is 4.79 Å². The van der Waals surface area contributed by atoms with Gasteiger partial charge in [-0.15, -0.1) is 0 Å². The van der Waals surface area contributed by atoms with Crippen LogP contribution in [0.4, 0.5) is 0 Å². The average molecular weight is 175 g/mol. The average Bonchev–Trinajstić information content (AvgIpc) is 2.17. The van der Waals surface area contributed by atoms with Crippen molar-refractivity contribution in [1.29, 1.82) is 0 Å². The highest BCUT2D eigenvalue weighted by Crippen LogP contribution is 2.01. The summed E-state index contributed by atoms with van der Waals surface area (Å²) in [4.78, 5) is 15.1. The Morgan fingerprint density at radius 3 is 2.92 bits per heavy atom. The Morgan fingerprint density at radius 2 is 2.15 bits per heavy atom. The van der Waals surface area contributed by atoms with E-state index in [4.69, 9.17) is 5.11 Å². The molecule has 0 aromatic heterocycles. The molecule has 0 radical (unpaired) electrons. The van der Waals surface area contributed by atoms with Crippen LogP contribution in [0.2, 0.25) is 0 Å². The van der Waals surface area contributed by atoms with Gasteiger partial charge in [-0.25, -0.2) is 4.99 Å². The summed E-state index contributed by atoms with van der Waals surface area (Å²) >= 11 is 0. The third kappa shape index (κ3) is 1.38. The zero-order valence-electron chi connectivity index (χ0n) is 6.97. The van der Waals surface area contributed by atoms with Crippen LogP contribution in [-0.4, -0.2) is 17.6 Å². The van der Waals surface area contributed by atoms with Gasteiger partial charge in [0, 0.05) is 0 Å². The molecule has 1 heterocycles. The van der Waals surface area contributed by atoms with Crippen LogP contribution < -0.4 is 10.6 Å². The number of nitrogens with zero attached hydrogens (tertiary/aromatic N) is 1. The summed E-state index contributed by atoms with van der Waals surface area (Å²) in [5.74, 6) is -0.726. The van der Waals surface area contributed by atoms with Crippen LogP contribution in [0.3, 0.4) is 0 Å². The van der Waals surface area contributed by atoms with Gasteiger partial charge in [-0.05, 0) is 11.3 Å². The SMILES string of the molecule is O=C1N=c2ccccc2=CC1CO. The third-order valence-electron chi connectivity index (χ3n) is 2.06. The first-order valence-electron chi connectivity index (χ1n) is 4.11. The van der Waals surface area contributed by atoms with Crippen LogP contribution in [-0.2, 0) is 4.79 Å². The van der Waals surface area contributed by atoms with Crippen molar-refractivity contribution < 1.29 is 9.90 Å². The number of benzene rings is 1. The van der Waals surface area contributed by atoms with Gasteiger partial charge >= 0.3 is 0 Å². The molecule has 13 heavy (non-hydrogen) atoms. The Kier molecular flexibility index (Phi) is 1.94. The Hall–Kier alpha value is -1.48. The largest absolute Gasteiger partial charge is 0.395 e. The molecule has 1 N–H and O–H groups in total. The van der Waals surface area contributed by atoms with E-state index in [1.807, 2.05) is 18.2 Å². The van der Waals surface area contributed by atoms with E-state index in [1.165, 1.54) is 0 Å². The topological polar surface area (TPSA) is 49.7 Å². The number of hydrogen-bond donors (Lipinski definition) is 1. The normalized spacial score (nSPS) is 20.1. The minimum absolute atomic E-state index is 0.170. The first-order valence-corrected chi connectivity index (χ1v) is 4.11. The van der Waals surface area contributed by atoms with Crippen LogP contribution in [0.25, 0.3) is 6.08 Å². The minimum Gasteiger partial charge on any atom is -0.395 e. The van der Waals surface area contributed by atoms with Gasteiger partial charge < -0.3 is 5.11 Å². The third-order valence-corrected chi connectivity index (χ3v) is 2.06. The second-order valence-electron chi connectivity index (χ2n) is 2.96. The van der Waals surface area contributed by atoms with Crippen molar-refractivity contribution in [3.63, 3.8) is 0 Å². The Labute approximate surface area is 75.0 Å². The summed E-state index contributed by atoms with van der Waals surface area (Å²) in [6.45, 7) is -0.170. The number of para-hydroxylation sites is 1. The van der Waals surface area contributed by atoms with E-state index in [0.29, 0.717) is 5.36 Å². The van der Waals surface area contributed by atoms with Crippen LogP contribution in [0, 0.1) is 5.92 Å². The number of hydrogen-bond acceptors (Lipinski definition) is 2. The standard InChI is InChI=1S/C10H9NO2/c12-6-8-5-7-3-1-2-4-9(7)11-10(8)13/h1-5,8,12H,6H2. The number of aliphatic hydroxyl groups excluding tert-OH is 1. The lowest BCUT2D eigenvalue weighted by atomic mass is 10.1. The fourth-order valence-corrected chi connectivity index (χ4v) is 1.35. The lowest BCUT2D eigenvalue weighted by molar-refractivity contribution is -0.121. The van der Waals surface area contributed by atoms with Gasteiger partial charge in [0.25, 0.3) is 5.91 Å². The second kappa shape index (κ2) is 3.11. The Bertz CT molecular complexity index is 450.